The second-order valence-corrected chi connectivity index (χ2v) is 3.70. The van der Waals surface area contributed by atoms with Crippen molar-refractivity contribution in [1.29, 1.82) is 0 Å². The maximum Gasteiger partial charge on any atom is 0.110 e. The molecule has 1 aliphatic rings. The molecule has 0 bridgehead atoms. The lowest BCUT2D eigenvalue weighted by molar-refractivity contribution is 0.451. The fraction of sp³-hybridized carbons (Fsp3) is 0.400. The number of hydrogen-bond acceptors (Lipinski definition) is 4. The summed E-state index contributed by atoms with van der Waals surface area (Å²) in [5, 5.41) is 11.8. The number of furan rings is 1. The van der Waals surface area contributed by atoms with E-state index in [2.05, 4.69) is 15.5 Å². The van der Waals surface area contributed by atoms with E-state index in [1.165, 1.54) is 5.56 Å². The van der Waals surface area contributed by atoms with Gasteiger partial charge in [-0.2, -0.15) is 15.0 Å². The van der Waals surface area contributed by atoms with Crippen LogP contribution in [-0.4, -0.2) is 21.5 Å². The molecule has 1 N–H and O–H groups in total. The van der Waals surface area contributed by atoms with Crippen molar-refractivity contribution < 1.29 is 4.42 Å². The molecule has 15 heavy (non-hydrogen) atoms. The molecule has 1 aliphatic heterocycles. The fourth-order valence-corrected chi connectivity index (χ4v) is 2.01. The summed E-state index contributed by atoms with van der Waals surface area (Å²) in [4.78, 5) is 1.57. The summed E-state index contributed by atoms with van der Waals surface area (Å²) in [7, 11) is 1.82. The Morgan fingerprint density at radius 3 is 3.33 bits per heavy atom. The molecule has 78 valence electrons. The van der Waals surface area contributed by atoms with E-state index < -0.39 is 0 Å². The largest absolute Gasteiger partial charge is 0.469 e. The molecule has 5 nitrogen and oxygen atoms in total. The van der Waals surface area contributed by atoms with E-state index in [1.807, 2.05) is 13.1 Å². The van der Waals surface area contributed by atoms with Gasteiger partial charge in [0.05, 0.1) is 18.5 Å². The van der Waals surface area contributed by atoms with Gasteiger partial charge in [-0.15, -0.1) is 0 Å². The van der Waals surface area contributed by atoms with E-state index >= 15 is 0 Å². The number of nitrogens with one attached hydrogen (secondary N) is 1. The topological polar surface area (TPSA) is 55.9 Å². The molecule has 2 aromatic rings. The third-order valence-electron chi connectivity index (χ3n) is 2.70. The third kappa shape index (κ3) is 1.35. The highest BCUT2D eigenvalue weighted by Crippen LogP contribution is 2.27. The van der Waals surface area contributed by atoms with Crippen molar-refractivity contribution >= 4 is 0 Å². The van der Waals surface area contributed by atoms with E-state index in [0.29, 0.717) is 0 Å². The third-order valence-corrected chi connectivity index (χ3v) is 2.70. The Kier molecular flexibility index (Phi) is 1.85. The van der Waals surface area contributed by atoms with Crippen molar-refractivity contribution in [2.45, 2.75) is 12.5 Å². The summed E-state index contributed by atoms with van der Waals surface area (Å²) in [5.74, 6) is 1.06. The van der Waals surface area contributed by atoms with Crippen LogP contribution in [0.4, 0.5) is 0 Å². The molecule has 3 heterocycles. The van der Waals surface area contributed by atoms with Gasteiger partial charge in [0.1, 0.15) is 11.5 Å². The summed E-state index contributed by atoms with van der Waals surface area (Å²) in [6, 6.07) is 2.13. The standard InChI is InChI=1S/C10H12N4O/c1-14-12-6-8(13-14)10-7-3-5-15-9(7)2-4-11-10/h3,5-6,10-11H,2,4H2,1H3. The van der Waals surface area contributed by atoms with Gasteiger partial charge in [-0.1, -0.05) is 0 Å². The molecule has 3 rings (SSSR count). The first-order valence-corrected chi connectivity index (χ1v) is 5.00. The van der Waals surface area contributed by atoms with Crippen LogP contribution in [0.1, 0.15) is 23.1 Å². The van der Waals surface area contributed by atoms with Crippen molar-refractivity contribution in [3.05, 3.63) is 35.5 Å². The molecule has 1 atom stereocenters. The lowest BCUT2D eigenvalue weighted by Crippen LogP contribution is -2.30. The van der Waals surface area contributed by atoms with Gasteiger partial charge in [0.15, 0.2) is 0 Å². The van der Waals surface area contributed by atoms with E-state index in [1.54, 1.807) is 17.3 Å². The molecule has 1 unspecified atom stereocenters. The normalized spacial score (nSPS) is 20.2. The first-order chi connectivity index (χ1) is 7.34. The number of hydrogen-bond donors (Lipinski definition) is 1. The maximum absolute atomic E-state index is 5.42. The van der Waals surface area contributed by atoms with Crippen molar-refractivity contribution in [2.75, 3.05) is 6.54 Å². The zero-order valence-electron chi connectivity index (χ0n) is 8.47. The first-order valence-electron chi connectivity index (χ1n) is 5.00. The van der Waals surface area contributed by atoms with Crippen LogP contribution in [0.15, 0.2) is 22.9 Å². The Balaban J connectivity index is 2.02. The molecular weight excluding hydrogens is 192 g/mol. The van der Waals surface area contributed by atoms with Crippen LogP contribution < -0.4 is 5.32 Å². The Labute approximate surface area is 87.1 Å². The summed E-state index contributed by atoms with van der Waals surface area (Å²) in [5.41, 5.74) is 2.13. The maximum atomic E-state index is 5.42. The second kappa shape index (κ2) is 3.20. The average Bonchev–Trinajstić information content (AvgIpc) is 2.84. The van der Waals surface area contributed by atoms with E-state index in [0.717, 1.165) is 24.4 Å². The zero-order chi connectivity index (χ0) is 10.3. The van der Waals surface area contributed by atoms with Crippen LogP contribution in [0.25, 0.3) is 0 Å². The molecular formula is C10H12N4O. The lowest BCUT2D eigenvalue weighted by Gasteiger charge is -2.20. The Hall–Kier alpha value is -1.62. The van der Waals surface area contributed by atoms with Gasteiger partial charge in [0.25, 0.3) is 0 Å². The molecule has 0 amide bonds. The van der Waals surface area contributed by atoms with Crippen LogP contribution in [0.3, 0.4) is 0 Å². The van der Waals surface area contributed by atoms with E-state index in [-0.39, 0.29) is 6.04 Å². The summed E-state index contributed by atoms with van der Waals surface area (Å²) < 4.78 is 5.42. The minimum absolute atomic E-state index is 0.126. The van der Waals surface area contributed by atoms with Gasteiger partial charge in [-0.3, -0.25) is 0 Å². The van der Waals surface area contributed by atoms with E-state index in [4.69, 9.17) is 4.42 Å². The van der Waals surface area contributed by atoms with Crippen LogP contribution in [0, 0.1) is 0 Å². The molecule has 0 aliphatic carbocycles. The van der Waals surface area contributed by atoms with Gasteiger partial charge in [-0.05, 0) is 6.07 Å². The molecule has 0 fully saturated rings. The van der Waals surface area contributed by atoms with Crippen molar-refractivity contribution in [1.82, 2.24) is 20.3 Å². The number of nitrogens with zero attached hydrogens (tertiary/aromatic N) is 3. The predicted octanol–water partition coefficient (Wildman–Crippen LogP) is 0.643. The van der Waals surface area contributed by atoms with Gasteiger partial charge in [0.2, 0.25) is 0 Å². The zero-order valence-corrected chi connectivity index (χ0v) is 8.47. The van der Waals surface area contributed by atoms with Crippen LogP contribution in [-0.2, 0) is 13.5 Å². The summed E-state index contributed by atoms with van der Waals surface area (Å²) in [6.45, 7) is 0.918. The van der Waals surface area contributed by atoms with Gasteiger partial charge >= 0.3 is 0 Å². The minimum Gasteiger partial charge on any atom is -0.469 e. The van der Waals surface area contributed by atoms with Crippen LogP contribution in [0.2, 0.25) is 0 Å². The Bertz CT molecular complexity index is 473. The van der Waals surface area contributed by atoms with Crippen LogP contribution in [0.5, 0.6) is 0 Å². The van der Waals surface area contributed by atoms with E-state index in [9.17, 15) is 0 Å². The van der Waals surface area contributed by atoms with Gasteiger partial charge < -0.3 is 9.73 Å². The molecule has 0 aromatic carbocycles. The second-order valence-electron chi connectivity index (χ2n) is 3.70. The highest BCUT2D eigenvalue weighted by molar-refractivity contribution is 5.30. The average molecular weight is 204 g/mol. The minimum atomic E-state index is 0.126. The van der Waals surface area contributed by atoms with Crippen molar-refractivity contribution in [3.8, 4) is 0 Å². The number of aromatic nitrogens is 3. The molecule has 0 radical (unpaired) electrons. The highest BCUT2D eigenvalue weighted by Gasteiger charge is 2.25. The smallest absolute Gasteiger partial charge is 0.110 e. The molecule has 0 spiro atoms. The Morgan fingerprint density at radius 2 is 2.53 bits per heavy atom. The lowest BCUT2D eigenvalue weighted by atomic mass is 10.00. The Morgan fingerprint density at radius 1 is 1.60 bits per heavy atom. The SMILES string of the molecule is Cn1ncc(C2NCCc3occc32)n1. The monoisotopic (exact) mass is 204 g/mol. The highest BCUT2D eigenvalue weighted by atomic mass is 16.3. The number of fused-ring (bicyclic) bond motifs is 1. The molecule has 5 heteroatoms. The fourth-order valence-electron chi connectivity index (χ4n) is 2.01. The quantitative estimate of drug-likeness (QED) is 0.740. The summed E-state index contributed by atoms with van der Waals surface area (Å²) in [6.07, 6.45) is 4.47. The van der Waals surface area contributed by atoms with Crippen LogP contribution >= 0.6 is 0 Å². The predicted molar refractivity (Wildman–Crippen MR) is 53.3 cm³/mol. The molecule has 2 aromatic heterocycles. The van der Waals surface area contributed by atoms with Crippen molar-refractivity contribution in [2.24, 2.45) is 7.05 Å². The number of rotatable bonds is 1. The van der Waals surface area contributed by atoms with Gasteiger partial charge in [0, 0.05) is 25.6 Å². The van der Waals surface area contributed by atoms with Crippen molar-refractivity contribution in [3.63, 3.8) is 0 Å². The first kappa shape index (κ1) is 8.67. The van der Waals surface area contributed by atoms with Gasteiger partial charge in [-0.25, -0.2) is 0 Å². The molecule has 0 saturated heterocycles. The molecule has 0 saturated carbocycles. The number of aryl methyl sites for hydroxylation is 1. The summed E-state index contributed by atoms with van der Waals surface area (Å²) >= 11 is 0.